The summed E-state index contributed by atoms with van der Waals surface area (Å²) in [5, 5.41) is 0. The maximum Gasteiger partial charge on any atom is 0.232 e. The fourth-order valence-corrected chi connectivity index (χ4v) is 1.08. The first-order valence-electron chi connectivity index (χ1n) is 4.54. The average molecular weight is 191 g/mol. The first kappa shape index (κ1) is 14.3. The Bertz CT molecular complexity index is 107. The monoisotopic (exact) mass is 191 g/mol. The highest BCUT2D eigenvalue weighted by molar-refractivity contribution is 7.99. The maximum absolute atomic E-state index is 11.0. The van der Waals surface area contributed by atoms with Crippen molar-refractivity contribution in [1.82, 2.24) is 4.90 Å². The molecule has 12 heavy (non-hydrogen) atoms. The Balaban J connectivity index is 0. The van der Waals surface area contributed by atoms with Crippen molar-refractivity contribution in [3.05, 3.63) is 0 Å². The summed E-state index contributed by atoms with van der Waals surface area (Å²) in [4.78, 5) is 12.8. The number of rotatable bonds is 4. The molecule has 0 N–H and O–H groups in total. The summed E-state index contributed by atoms with van der Waals surface area (Å²) in [6.45, 7) is 8.85. The first-order valence-corrected chi connectivity index (χ1v) is 5.69. The van der Waals surface area contributed by atoms with Crippen molar-refractivity contribution >= 4 is 17.7 Å². The lowest BCUT2D eigenvalue weighted by molar-refractivity contribution is -0.126. The van der Waals surface area contributed by atoms with Gasteiger partial charge in [0.15, 0.2) is 0 Å². The zero-order valence-corrected chi connectivity index (χ0v) is 9.70. The third-order valence-electron chi connectivity index (χ3n) is 1.33. The fourth-order valence-electron chi connectivity index (χ4n) is 0.476. The molecular weight excluding hydrogens is 170 g/mol. The Morgan fingerprint density at radius 3 is 2.17 bits per heavy atom. The van der Waals surface area contributed by atoms with Crippen LogP contribution in [0.1, 0.15) is 27.7 Å². The van der Waals surface area contributed by atoms with E-state index in [0.29, 0.717) is 5.75 Å². The van der Waals surface area contributed by atoms with Gasteiger partial charge in [-0.25, -0.2) is 0 Å². The Morgan fingerprint density at radius 1 is 1.33 bits per heavy atom. The molecule has 0 atom stereocenters. The third-order valence-corrected chi connectivity index (χ3v) is 2.19. The van der Waals surface area contributed by atoms with Gasteiger partial charge in [0.25, 0.3) is 0 Å². The van der Waals surface area contributed by atoms with Crippen LogP contribution in [0.25, 0.3) is 0 Å². The second-order valence-electron chi connectivity index (χ2n) is 2.05. The van der Waals surface area contributed by atoms with E-state index in [1.165, 1.54) is 0 Å². The highest BCUT2D eigenvalue weighted by Crippen LogP contribution is 1.99. The molecule has 0 aromatic carbocycles. The van der Waals surface area contributed by atoms with Gasteiger partial charge in [-0.2, -0.15) is 11.8 Å². The second-order valence-corrected chi connectivity index (χ2v) is 3.32. The number of hydrogen-bond donors (Lipinski definition) is 0. The van der Waals surface area contributed by atoms with Crippen LogP contribution in [0.3, 0.4) is 0 Å². The lowest BCUT2D eigenvalue weighted by Crippen LogP contribution is -2.27. The molecule has 0 aromatic rings. The second kappa shape index (κ2) is 10.8. The summed E-state index contributed by atoms with van der Waals surface area (Å²) in [6.07, 6.45) is 0. The summed E-state index contributed by atoms with van der Waals surface area (Å²) < 4.78 is 0. The quantitative estimate of drug-likeness (QED) is 0.679. The Morgan fingerprint density at radius 2 is 1.83 bits per heavy atom. The summed E-state index contributed by atoms with van der Waals surface area (Å²) in [5.41, 5.74) is 0. The van der Waals surface area contributed by atoms with Crippen LogP contribution in [0.4, 0.5) is 0 Å². The standard InChI is InChI=1S/C7H15NOS.C2H6/c1-4-8(3)7(9)6-10-5-2;1-2/h4-6H2,1-3H3;1-2H3. The Hall–Kier alpha value is -0.180. The molecule has 0 saturated heterocycles. The van der Waals surface area contributed by atoms with E-state index < -0.39 is 0 Å². The van der Waals surface area contributed by atoms with Crippen molar-refractivity contribution in [2.45, 2.75) is 27.7 Å². The molecule has 3 heteroatoms. The van der Waals surface area contributed by atoms with Crippen LogP contribution in [0, 0.1) is 0 Å². The number of nitrogens with zero attached hydrogens (tertiary/aromatic N) is 1. The van der Waals surface area contributed by atoms with E-state index in [-0.39, 0.29) is 5.91 Å². The molecule has 0 aliphatic carbocycles. The van der Waals surface area contributed by atoms with Crippen LogP contribution in [0.15, 0.2) is 0 Å². The number of hydrogen-bond acceptors (Lipinski definition) is 2. The predicted octanol–water partition coefficient (Wildman–Crippen LogP) is 2.24. The molecule has 0 aliphatic heterocycles. The smallest absolute Gasteiger partial charge is 0.232 e. The Labute approximate surface area is 80.7 Å². The summed E-state index contributed by atoms with van der Waals surface area (Å²) in [6, 6.07) is 0. The molecule has 0 aromatic heterocycles. The number of thioether (sulfide) groups is 1. The van der Waals surface area contributed by atoms with Crippen molar-refractivity contribution in [2.24, 2.45) is 0 Å². The molecule has 0 saturated carbocycles. The van der Waals surface area contributed by atoms with E-state index in [9.17, 15) is 4.79 Å². The average Bonchev–Trinajstić information content (AvgIpc) is 2.16. The van der Waals surface area contributed by atoms with Gasteiger partial charge in [0.2, 0.25) is 5.91 Å². The summed E-state index contributed by atoms with van der Waals surface area (Å²) >= 11 is 1.67. The molecular formula is C9H21NOS. The van der Waals surface area contributed by atoms with Gasteiger partial charge in [0.05, 0.1) is 5.75 Å². The van der Waals surface area contributed by atoms with Crippen molar-refractivity contribution in [2.75, 3.05) is 25.1 Å². The minimum absolute atomic E-state index is 0.231. The van der Waals surface area contributed by atoms with Crippen molar-refractivity contribution < 1.29 is 4.79 Å². The lowest BCUT2D eigenvalue weighted by atomic mass is 10.5. The van der Waals surface area contributed by atoms with Crippen molar-refractivity contribution in [3.63, 3.8) is 0 Å². The van der Waals surface area contributed by atoms with E-state index >= 15 is 0 Å². The molecule has 0 unspecified atom stereocenters. The SMILES string of the molecule is CC.CCSCC(=O)N(C)CC. The molecule has 74 valence electrons. The largest absolute Gasteiger partial charge is 0.345 e. The van der Waals surface area contributed by atoms with Crippen LogP contribution in [-0.2, 0) is 4.79 Å². The molecule has 0 radical (unpaired) electrons. The van der Waals surface area contributed by atoms with Crippen LogP contribution < -0.4 is 0 Å². The third kappa shape index (κ3) is 7.92. The van der Waals surface area contributed by atoms with Gasteiger partial charge in [0, 0.05) is 13.6 Å². The zero-order chi connectivity index (χ0) is 9.98. The van der Waals surface area contributed by atoms with Crippen LogP contribution in [-0.4, -0.2) is 35.9 Å². The van der Waals surface area contributed by atoms with Gasteiger partial charge in [-0.15, -0.1) is 0 Å². The van der Waals surface area contributed by atoms with E-state index in [4.69, 9.17) is 0 Å². The summed E-state index contributed by atoms with van der Waals surface area (Å²) in [5.74, 6) is 1.87. The molecule has 1 amide bonds. The molecule has 0 aliphatic rings. The van der Waals surface area contributed by atoms with Gasteiger partial charge >= 0.3 is 0 Å². The van der Waals surface area contributed by atoms with Gasteiger partial charge in [-0.3, -0.25) is 4.79 Å². The highest BCUT2D eigenvalue weighted by Gasteiger charge is 2.03. The molecule has 0 bridgehead atoms. The van der Waals surface area contributed by atoms with E-state index in [1.54, 1.807) is 16.7 Å². The van der Waals surface area contributed by atoms with Gasteiger partial charge in [-0.1, -0.05) is 20.8 Å². The molecule has 0 spiro atoms. The van der Waals surface area contributed by atoms with Crippen LogP contribution in [0.5, 0.6) is 0 Å². The Kier molecular flexibility index (Phi) is 12.9. The van der Waals surface area contributed by atoms with E-state index in [0.717, 1.165) is 12.3 Å². The van der Waals surface area contributed by atoms with Crippen LogP contribution in [0.2, 0.25) is 0 Å². The molecule has 0 fully saturated rings. The molecule has 2 nitrogen and oxygen atoms in total. The number of carbonyl (C=O) groups is 1. The lowest BCUT2D eigenvalue weighted by Gasteiger charge is -2.13. The number of carbonyl (C=O) groups excluding carboxylic acids is 1. The van der Waals surface area contributed by atoms with E-state index in [2.05, 4.69) is 6.92 Å². The zero-order valence-electron chi connectivity index (χ0n) is 8.89. The minimum Gasteiger partial charge on any atom is -0.345 e. The topological polar surface area (TPSA) is 20.3 Å². The molecule has 0 heterocycles. The van der Waals surface area contributed by atoms with Gasteiger partial charge in [-0.05, 0) is 12.7 Å². The fraction of sp³-hybridized carbons (Fsp3) is 0.889. The molecule has 0 rings (SSSR count). The van der Waals surface area contributed by atoms with Crippen molar-refractivity contribution in [1.29, 1.82) is 0 Å². The van der Waals surface area contributed by atoms with Crippen molar-refractivity contribution in [3.8, 4) is 0 Å². The summed E-state index contributed by atoms with van der Waals surface area (Å²) in [7, 11) is 1.83. The van der Waals surface area contributed by atoms with E-state index in [1.807, 2.05) is 27.8 Å². The first-order chi connectivity index (χ1) is 5.72. The number of amides is 1. The van der Waals surface area contributed by atoms with Gasteiger partial charge in [0.1, 0.15) is 0 Å². The predicted molar refractivity (Wildman–Crippen MR) is 57.7 cm³/mol. The highest BCUT2D eigenvalue weighted by atomic mass is 32.2. The maximum atomic E-state index is 11.0. The van der Waals surface area contributed by atoms with Crippen LogP contribution >= 0.6 is 11.8 Å². The normalized spacial score (nSPS) is 8.42. The minimum atomic E-state index is 0.231. The van der Waals surface area contributed by atoms with Gasteiger partial charge < -0.3 is 4.90 Å².